The highest BCUT2D eigenvalue weighted by molar-refractivity contribution is 7.92. The molecule has 0 fully saturated rings. The van der Waals surface area contributed by atoms with Gasteiger partial charge in [0.2, 0.25) is 5.88 Å². The van der Waals surface area contributed by atoms with Crippen LogP contribution in [0.1, 0.15) is 6.92 Å². The summed E-state index contributed by atoms with van der Waals surface area (Å²) in [5.41, 5.74) is 0. The predicted molar refractivity (Wildman–Crippen MR) is 82.6 cm³/mol. The molecule has 1 N–H and O–H groups in total. The van der Waals surface area contributed by atoms with E-state index >= 15 is 0 Å². The van der Waals surface area contributed by atoms with E-state index in [1.165, 1.54) is 24.7 Å². The van der Waals surface area contributed by atoms with Gasteiger partial charge in [0.05, 0.1) is 19.0 Å². The number of nitrogens with zero attached hydrogens (tertiary/aromatic N) is 4. The average Bonchev–Trinajstić information content (AvgIpc) is 2.47. The maximum Gasteiger partial charge on any atom is 0.264 e. The van der Waals surface area contributed by atoms with E-state index in [9.17, 15) is 8.42 Å². The zero-order valence-corrected chi connectivity index (χ0v) is 13.3. The van der Waals surface area contributed by atoms with Crippen LogP contribution in [0.25, 0.3) is 0 Å². The van der Waals surface area contributed by atoms with Crippen molar-refractivity contribution >= 4 is 21.7 Å². The maximum atomic E-state index is 12.3. The molecule has 0 aliphatic heterocycles. The summed E-state index contributed by atoms with van der Waals surface area (Å²) < 4.78 is 32.1. The zero-order valence-electron chi connectivity index (χ0n) is 12.5. The molecule has 2 rings (SSSR count). The minimum atomic E-state index is -3.78. The second-order valence-corrected chi connectivity index (χ2v) is 6.21. The Hall–Kier alpha value is -2.42. The fraction of sp³-hybridized carbons (Fsp3) is 0.308. The average molecular weight is 323 g/mol. The lowest BCUT2D eigenvalue weighted by molar-refractivity contribution is 0.326. The summed E-state index contributed by atoms with van der Waals surface area (Å²) in [4.78, 5) is 13.8. The third kappa shape index (κ3) is 3.82. The van der Waals surface area contributed by atoms with E-state index in [2.05, 4.69) is 19.7 Å². The van der Waals surface area contributed by atoms with Crippen LogP contribution < -0.4 is 14.4 Å². The normalized spacial score (nSPS) is 11.0. The SMILES string of the molecule is CCOc1cncc(NS(=O)(=O)c2ccc(N(C)C)nc2)n1. The molecule has 0 radical (unpaired) electrons. The Balaban J connectivity index is 2.21. The van der Waals surface area contributed by atoms with E-state index in [1.807, 2.05) is 14.1 Å². The van der Waals surface area contributed by atoms with Crippen LogP contribution in [0.2, 0.25) is 0 Å². The minimum Gasteiger partial charge on any atom is -0.477 e. The Morgan fingerprint density at radius 3 is 2.59 bits per heavy atom. The van der Waals surface area contributed by atoms with E-state index in [1.54, 1.807) is 17.9 Å². The third-order valence-electron chi connectivity index (χ3n) is 2.63. The third-order valence-corrected chi connectivity index (χ3v) is 3.97. The largest absolute Gasteiger partial charge is 0.477 e. The van der Waals surface area contributed by atoms with Gasteiger partial charge < -0.3 is 9.64 Å². The smallest absolute Gasteiger partial charge is 0.264 e. The molecule has 0 spiro atoms. The van der Waals surface area contributed by atoms with Crippen LogP contribution in [0.4, 0.5) is 11.6 Å². The number of hydrogen-bond donors (Lipinski definition) is 1. The molecule has 0 aromatic carbocycles. The summed E-state index contributed by atoms with van der Waals surface area (Å²) in [5.74, 6) is 1.00. The number of pyridine rings is 1. The molecule has 0 saturated carbocycles. The van der Waals surface area contributed by atoms with Gasteiger partial charge >= 0.3 is 0 Å². The lowest BCUT2D eigenvalue weighted by atomic mass is 10.4. The van der Waals surface area contributed by atoms with Crippen molar-refractivity contribution in [2.24, 2.45) is 0 Å². The first kappa shape index (κ1) is 16.0. The van der Waals surface area contributed by atoms with Gasteiger partial charge in [0.15, 0.2) is 5.82 Å². The second-order valence-electron chi connectivity index (χ2n) is 4.53. The first-order chi connectivity index (χ1) is 10.4. The van der Waals surface area contributed by atoms with E-state index in [0.29, 0.717) is 12.4 Å². The van der Waals surface area contributed by atoms with Gasteiger partial charge in [-0.15, -0.1) is 0 Å². The second kappa shape index (κ2) is 6.56. The molecule has 0 bridgehead atoms. The summed E-state index contributed by atoms with van der Waals surface area (Å²) in [6.07, 6.45) is 4.01. The van der Waals surface area contributed by atoms with Gasteiger partial charge in [-0.2, -0.15) is 4.98 Å². The highest BCUT2D eigenvalue weighted by atomic mass is 32.2. The highest BCUT2D eigenvalue weighted by Gasteiger charge is 2.16. The summed E-state index contributed by atoms with van der Waals surface area (Å²) >= 11 is 0. The van der Waals surface area contributed by atoms with Gasteiger partial charge in [-0.1, -0.05) is 0 Å². The topological polar surface area (TPSA) is 97.3 Å². The van der Waals surface area contributed by atoms with Crippen molar-refractivity contribution in [2.75, 3.05) is 30.3 Å². The van der Waals surface area contributed by atoms with Crippen LogP contribution in [0.5, 0.6) is 5.88 Å². The summed E-state index contributed by atoms with van der Waals surface area (Å²) in [7, 11) is -0.131. The molecule has 9 heteroatoms. The molecule has 118 valence electrons. The van der Waals surface area contributed by atoms with Crippen molar-refractivity contribution in [1.82, 2.24) is 15.0 Å². The van der Waals surface area contributed by atoms with E-state index in [-0.39, 0.29) is 16.6 Å². The number of hydrogen-bond acceptors (Lipinski definition) is 7. The lowest BCUT2D eigenvalue weighted by Gasteiger charge is -2.12. The molecule has 0 aliphatic rings. The Morgan fingerprint density at radius 2 is 2.00 bits per heavy atom. The first-order valence-electron chi connectivity index (χ1n) is 6.53. The minimum absolute atomic E-state index is 0.0433. The van der Waals surface area contributed by atoms with Crippen molar-refractivity contribution in [1.29, 1.82) is 0 Å². The molecule has 0 unspecified atom stereocenters. The predicted octanol–water partition coefficient (Wildman–Crippen LogP) is 1.14. The quantitative estimate of drug-likeness (QED) is 0.851. The van der Waals surface area contributed by atoms with Crippen molar-refractivity contribution in [3.63, 3.8) is 0 Å². The van der Waals surface area contributed by atoms with E-state index in [4.69, 9.17) is 4.74 Å². The molecule has 0 amide bonds. The van der Waals surface area contributed by atoms with E-state index < -0.39 is 10.0 Å². The fourth-order valence-electron chi connectivity index (χ4n) is 1.61. The zero-order chi connectivity index (χ0) is 16.2. The molecular weight excluding hydrogens is 306 g/mol. The lowest BCUT2D eigenvalue weighted by Crippen LogP contribution is -2.16. The molecular formula is C13H17N5O3S. The highest BCUT2D eigenvalue weighted by Crippen LogP contribution is 2.17. The molecule has 2 aromatic heterocycles. The number of ether oxygens (including phenoxy) is 1. The van der Waals surface area contributed by atoms with Crippen LogP contribution in [-0.4, -0.2) is 44.1 Å². The van der Waals surface area contributed by atoms with Crippen LogP contribution in [-0.2, 0) is 10.0 Å². The Morgan fingerprint density at radius 1 is 1.23 bits per heavy atom. The Labute approximate surface area is 129 Å². The number of nitrogens with one attached hydrogen (secondary N) is 1. The van der Waals surface area contributed by atoms with Gasteiger partial charge in [0, 0.05) is 20.3 Å². The molecule has 2 aromatic rings. The van der Waals surface area contributed by atoms with Crippen LogP contribution in [0, 0.1) is 0 Å². The van der Waals surface area contributed by atoms with Gasteiger partial charge in [-0.05, 0) is 19.1 Å². The summed E-state index contributed by atoms with van der Waals surface area (Å²) in [5, 5.41) is 0. The van der Waals surface area contributed by atoms with Crippen molar-refractivity contribution in [3.05, 3.63) is 30.7 Å². The number of rotatable bonds is 6. The molecule has 0 aliphatic carbocycles. The van der Waals surface area contributed by atoms with Crippen LogP contribution >= 0.6 is 0 Å². The molecule has 2 heterocycles. The van der Waals surface area contributed by atoms with Crippen molar-refractivity contribution in [2.45, 2.75) is 11.8 Å². The Bertz CT molecular complexity index is 732. The first-order valence-corrected chi connectivity index (χ1v) is 8.01. The monoisotopic (exact) mass is 323 g/mol. The number of anilines is 2. The van der Waals surface area contributed by atoms with Gasteiger partial charge in [0.25, 0.3) is 10.0 Å². The van der Waals surface area contributed by atoms with Crippen molar-refractivity contribution in [3.8, 4) is 5.88 Å². The molecule has 22 heavy (non-hydrogen) atoms. The molecule has 0 saturated heterocycles. The van der Waals surface area contributed by atoms with E-state index in [0.717, 1.165) is 0 Å². The molecule has 0 atom stereocenters. The fourth-order valence-corrected chi connectivity index (χ4v) is 2.54. The molecule has 8 nitrogen and oxygen atoms in total. The van der Waals surface area contributed by atoms with Crippen LogP contribution in [0.3, 0.4) is 0 Å². The maximum absolute atomic E-state index is 12.3. The van der Waals surface area contributed by atoms with Crippen LogP contribution in [0.15, 0.2) is 35.6 Å². The summed E-state index contributed by atoms with van der Waals surface area (Å²) in [6, 6.07) is 3.10. The standard InChI is InChI=1S/C13H17N5O3S/c1-4-21-13-9-14-8-11(16-13)17-22(19,20)10-5-6-12(15-7-10)18(2)3/h5-9H,4H2,1-3H3,(H,16,17). The Kier molecular flexibility index (Phi) is 4.76. The van der Waals surface area contributed by atoms with Gasteiger partial charge in [0.1, 0.15) is 10.7 Å². The number of sulfonamides is 1. The van der Waals surface area contributed by atoms with Gasteiger partial charge in [-0.3, -0.25) is 9.71 Å². The van der Waals surface area contributed by atoms with Gasteiger partial charge in [-0.25, -0.2) is 13.4 Å². The summed E-state index contributed by atoms with van der Waals surface area (Å²) in [6.45, 7) is 2.22. The van der Waals surface area contributed by atoms with Crippen molar-refractivity contribution < 1.29 is 13.2 Å². The number of aromatic nitrogens is 3.